The van der Waals surface area contributed by atoms with E-state index in [1.807, 2.05) is 6.07 Å². The van der Waals surface area contributed by atoms with Gasteiger partial charge in [-0.2, -0.15) is 0 Å². The lowest BCUT2D eigenvalue weighted by Crippen LogP contribution is -2.13. The number of carbonyl (C=O) groups is 1. The molecule has 2 rings (SSSR count). The summed E-state index contributed by atoms with van der Waals surface area (Å²) in [6.07, 6.45) is 3.32. The quantitative estimate of drug-likeness (QED) is 0.902. The summed E-state index contributed by atoms with van der Waals surface area (Å²) in [7, 11) is 0. The summed E-state index contributed by atoms with van der Waals surface area (Å²) >= 11 is 9.30. The monoisotopic (exact) mass is 336 g/mol. The second-order valence-electron chi connectivity index (χ2n) is 3.76. The van der Waals surface area contributed by atoms with Crippen LogP contribution in [0.1, 0.15) is 15.9 Å². The number of amides is 1. The molecule has 0 atom stereocenters. The number of pyridine rings is 1. The molecule has 1 amide bonds. The number of aromatic nitrogens is 1. The molecule has 0 fully saturated rings. The fourth-order valence-electron chi connectivity index (χ4n) is 1.46. The van der Waals surface area contributed by atoms with Gasteiger partial charge in [0, 0.05) is 10.7 Å². The van der Waals surface area contributed by atoms with Gasteiger partial charge in [0.2, 0.25) is 0 Å². The number of halogens is 2. The van der Waals surface area contributed by atoms with Crippen molar-refractivity contribution in [2.24, 2.45) is 0 Å². The number of nitrogens with one attached hydrogen (secondary N) is 1. The first-order valence-corrected chi connectivity index (χ1v) is 6.62. The van der Waals surface area contributed by atoms with Gasteiger partial charge in [0.15, 0.2) is 0 Å². The number of carbonyl (C=O) groups excluding carboxylic acids is 1. The SMILES string of the molecule is C=Cc1ccc(NC(=O)c2ccc(Br)cc2Cl)nc1. The Hall–Kier alpha value is -1.65. The van der Waals surface area contributed by atoms with Gasteiger partial charge in [0.25, 0.3) is 5.91 Å². The van der Waals surface area contributed by atoms with Crippen LogP contribution in [0.15, 0.2) is 47.6 Å². The lowest BCUT2D eigenvalue weighted by atomic mass is 10.2. The molecule has 0 saturated carbocycles. The zero-order valence-electron chi connectivity index (χ0n) is 9.86. The molecule has 0 aliphatic rings. The maximum atomic E-state index is 12.0. The summed E-state index contributed by atoms with van der Waals surface area (Å²) in [4.78, 5) is 16.1. The van der Waals surface area contributed by atoms with Gasteiger partial charge in [0.1, 0.15) is 5.82 Å². The molecule has 1 aromatic carbocycles. The van der Waals surface area contributed by atoms with Crippen molar-refractivity contribution < 1.29 is 4.79 Å². The molecule has 0 radical (unpaired) electrons. The minimum absolute atomic E-state index is 0.295. The molecular weight excluding hydrogens is 328 g/mol. The molecule has 96 valence electrons. The van der Waals surface area contributed by atoms with E-state index in [9.17, 15) is 4.79 Å². The molecule has 1 N–H and O–H groups in total. The molecule has 1 aromatic heterocycles. The highest BCUT2D eigenvalue weighted by molar-refractivity contribution is 9.10. The van der Waals surface area contributed by atoms with Crippen molar-refractivity contribution >= 4 is 45.3 Å². The Labute approximate surface area is 124 Å². The Kier molecular flexibility index (Phi) is 4.35. The van der Waals surface area contributed by atoms with E-state index in [4.69, 9.17) is 11.6 Å². The Morgan fingerprint density at radius 2 is 2.16 bits per heavy atom. The Morgan fingerprint density at radius 1 is 1.37 bits per heavy atom. The Bertz CT molecular complexity index is 626. The summed E-state index contributed by atoms with van der Waals surface area (Å²) in [5.41, 5.74) is 1.29. The zero-order valence-corrected chi connectivity index (χ0v) is 12.2. The van der Waals surface area contributed by atoms with Crippen molar-refractivity contribution in [3.05, 3.63) is 63.7 Å². The number of anilines is 1. The molecule has 3 nitrogen and oxygen atoms in total. The van der Waals surface area contributed by atoms with Crippen LogP contribution in [0, 0.1) is 0 Å². The van der Waals surface area contributed by atoms with Crippen LogP contribution in [-0.2, 0) is 0 Å². The number of benzene rings is 1. The van der Waals surface area contributed by atoms with Crippen LogP contribution in [0.4, 0.5) is 5.82 Å². The second-order valence-corrected chi connectivity index (χ2v) is 5.08. The highest BCUT2D eigenvalue weighted by Gasteiger charge is 2.11. The predicted molar refractivity (Wildman–Crippen MR) is 81.4 cm³/mol. The van der Waals surface area contributed by atoms with E-state index in [1.165, 1.54) is 0 Å². The maximum Gasteiger partial charge on any atom is 0.258 e. The van der Waals surface area contributed by atoms with Crippen molar-refractivity contribution in [2.45, 2.75) is 0 Å². The first-order chi connectivity index (χ1) is 9.10. The fourth-order valence-corrected chi connectivity index (χ4v) is 2.22. The van der Waals surface area contributed by atoms with Crippen LogP contribution < -0.4 is 5.32 Å². The predicted octanol–water partition coefficient (Wildman–Crippen LogP) is 4.39. The highest BCUT2D eigenvalue weighted by Crippen LogP contribution is 2.22. The van der Waals surface area contributed by atoms with Crippen LogP contribution in [-0.4, -0.2) is 10.9 Å². The molecule has 0 saturated heterocycles. The Morgan fingerprint density at radius 3 is 2.74 bits per heavy atom. The van der Waals surface area contributed by atoms with Crippen molar-refractivity contribution in [3.63, 3.8) is 0 Å². The van der Waals surface area contributed by atoms with E-state index >= 15 is 0 Å². The van der Waals surface area contributed by atoms with E-state index in [-0.39, 0.29) is 5.91 Å². The average Bonchev–Trinajstić information content (AvgIpc) is 2.39. The third-order valence-corrected chi connectivity index (χ3v) is 3.25. The van der Waals surface area contributed by atoms with E-state index in [2.05, 4.69) is 32.8 Å². The third kappa shape index (κ3) is 3.43. The number of hydrogen-bond acceptors (Lipinski definition) is 2. The molecule has 0 unspecified atom stereocenters. The minimum atomic E-state index is -0.295. The maximum absolute atomic E-state index is 12.0. The number of nitrogens with zero attached hydrogens (tertiary/aromatic N) is 1. The van der Waals surface area contributed by atoms with Crippen LogP contribution in [0.5, 0.6) is 0 Å². The van der Waals surface area contributed by atoms with Gasteiger partial charge in [-0.25, -0.2) is 4.98 Å². The average molecular weight is 338 g/mol. The van der Waals surface area contributed by atoms with Crippen LogP contribution in [0.2, 0.25) is 5.02 Å². The number of hydrogen-bond donors (Lipinski definition) is 1. The van der Waals surface area contributed by atoms with Gasteiger partial charge >= 0.3 is 0 Å². The molecule has 0 aliphatic heterocycles. The summed E-state index contributed by atoms with van der Waals surface area (Å²) in [6, 6.07) is 8.61. The molecule has 5 heteroatoms. The molecular formula is C14H10BrClN2O. The minimum Gasteiger partial charge on any atom is -0.307 e. The van der Waals surface area contributed by atoms with Gasteiger partial charge in [-0.05, 0) is 35.9 Å². The van der Waals surface area contributed by atoms with Crippen LogP contribution in [0.25, 0.3) is 6.08 Å². The fraction of sp³-hybridized carbons (Fsp3) is 0. The first-order valence-electron chi connectivity index (χ1n) is 5.45. The lowest BCUT2D eigenvalue weighted by Gasteiger charge is -2.06. The number of rotatable bonds is 3. The second kappa shape index (κ2) is 5.99. The largest absolute Gasteiger partial charge is 0.307 e. The van der Waals surface area contributed by atoms with E-state index in [0.29, 0.717) is 16.4 Å². The van der Waals surface area contributed by atoms with E-state index in [0.717, 1.165) is 10.0 Å². The topological polar surface area (TPSA) is 42.0 Å². The molecule has 2 aromatic rings. The normalized spacial score (nSPS) is 10.0. The van der Waals surface area contributed by atoms with Crippen molar-refractivity contribution in [2.75, 3.05) is 5.32 Å². The van der Waals surface area contributed by atoms with E-state index < -0.39 is 0 Å². The first kappa shape index (κ1) is 13.8. The van der Waals surface area contributed by atoms with E-state index in [1.54, 1.807) is 36.5 Å². The standard InChI is InChI=1S/C14H10BrClN2O/c1-2-9-3-6-13(17-8-9)18-14(19)11-5-4-10(15)7-12(11)16/h2-8H,1H2,(H,17,18,19). The summed E-state index contributed by atoms with van der Waals surface area (Å²) in [5, 5.41) is 3.07. The van der Waals surface area contributed by atoms with Crippen molar-refractivity contribution in [1.29, 1.82) is 0 Å². The van der Waals surface area contributed by atoms with Gasteiger partial charge < -0.3 is 5.32 Å². The van der Waals surface area contributed by atoms with Crippen molar-refractivity contribution in [3.8, 4) is 0 Å². The van der Waals surface area contributed by atoms with Crippen LogP contribution >= 0.6 is 27.5 Å². The van der Waals surface area contributed by atoms with Gasteiger partial charge in [-0.1, -0.05) is 40.2 Å². The molecule has 0 spiro atoms. The third-order valence-electron chi connectivity index (χ3n) is 2.44. The summed E-state index contributed by atoms with van der Waals surface area (Å²) in [5.74, 6) is 0.172. The van der Waals surface area contributed by atoms with Gasteiger partial charge in [0.05, 0.1) is 10.6 Å². The summed E-state index contributed by atoms with van der Waals surface area (Å²) < 4.78 is 0.822. The van der Waals surface area contributed by atoms with Crippen LogP contribution in [0.3, 0.4) is 0 Å². The molecule has 0 bridgehead atoms. The smallest absolute Gasteiger partial charge is 0.258 e. The molecule has 19 heavy (non-hydrogen) atoms. The molecule has 1 heterocycles. The van der Waals surface area contributed by atoms with Gasteiger partial charge in [-0.15, -0.1) is 0 Å². The summed E-state index contributed by atoms with van der Waals surface area (Å²) in [6.45, 7) is 3.64. The van der Waals surface area contributed by atoms with Crippen molar-refractivity contribution in [1.82, 2.24) is 4.98 Å². The van der Waals surface area contributed by atoms with Gasteiger partial charge in [-0.3, -0.25) is 4.79 Å². The Balaban J connectivity index is 2.18. The highest BCUT2D eigenvalue weighted by atomic mass is 79.9. The zero-order chi connectivity index (χ0) is 13.8. The lowest BCUT2D eigenvalue weighted by molar-refractivity contribution is 0.102. The molecule has 0 aliphatic carbocycles.